The van der Waals surface area contributed by atoms with Crippen LogP contribution in [0.4, 0.5) is 11.6 Å². The van der Waals surface area contributed by atoms with Crippen molar-refractivity contribution in [1.82, 2.24) is 29.4 Å². The molecule has 140 valence electrons. The molecule has 3 aromatic rings. The van der Waals surface area contributed by atoms with Gasteiger partial charge in [-0.15, -0.1) is 15.3 Å². The molecule has 27 heavy (non-hydrogen) atoms. The standard InChI is InChI=1S/C16H19N9O2/c1-23-14(25(26)27)9-17-15(23)16-21-20-13-8-7-12(22-24(13)16)19-10-18-11-5-3-2-4-6-11/h7-11H,2-6H2,1H3,(H,18,19,22). The lowest BCUT2D eigenvalue weighted by Crippen LogP contribution is -2.11. The van der Waals surface area contributed by atoms with Gasteiger partial charge in [0.25, 0.3) is 5.82 Å². The van der Waals surface area contributed by atoms with Crippen LogP contribution in [0.15, 0.2) is 23.3 Å². The van der Waals surface area contributed by atoms with Gasteiger partial charge in [0.15, 0.2) is 11.5 Å². The molecule has 11 nitrogen and oxygen atoms in total. The maximum Gasteiger partial charge on any atom is 0.343 e. The van der Waals surface area contributed by atoms with Crippen molar-refractivity contribution in [2.75, 3.05) is 5.32 Å². The third kappa shape index (κ3) is 3.35. The average Bonchev–Trinajstić information content (AvgIpc) is 3.25. The minimum absolute atomic E-state index is 0.129. The van der Waals surface area contributed by atoms with Gasteiger partial charge in [-0.25, -0.2) is 9.55 Å². The Balaban J connectivity index is 1.59. The molecule has 3 heterocycles. The highest BCUT2D eigenvalue weighted by Gasteiger charge is 2.23. The fourth-order valence-corrected chi connectivity index (χ4v) is 3.22. The molecule has 1 fully saturated rings. The van der Waals surface area contributed by atoms with E-state index in [1.54, 1.807) is 25.5 Å². The number of nitrogens with zero attached hydrogens (tertiary/aromatic N) is 8. The van der Waals surface area contributed by atoms with Crippen molar-refractivity contribution >= 4 is 23.6 Å². The molecule has 0 spiro atoms. The Kier molecular flexibility index (Phi) is 4.48. The van der Waals surface area contributed by atoms with Crippen LogP contribution in [0.5, 0.6) is 0 Å². The number of aliphatic imine (C=N–C) groups is 1. The number of rotatable bonds is 5. The first-order valence-corrected chi connectivity index (χ1v) is 8.80. The third-order valence-electron chi connectivity index (χ3n) is 4.69. The molecule has 1 aliphatic carbocycles. The molecule has 0 bridgehead atoms. The first kappa shape index (κ1) is 17.1. The minimum Gasteiger partial charge on any atom is -0.358 e. The van der Waals surface area contributed by atoms with Gasteiger partial charge in [-0.3, -0.25) is 4.99 Å². The highest BCUT2D eigenvalue weighted by molar-refractivity contribution is 5.74. The molecule has 0 amide bonds. The SMILES string of the molecule is Cn1c([N+](=O)[O-])cnc1-c1nnc2ccc(NC=NC3CCCCC3)nn12. The minimum atomic E-state index is -0.498. The molecule has 1 aliphatic rings. The second-order valence-corrected chi connectivity index (χ2v) is 6.48. The molecule has 0 saturated heterocycles. The molecule has 1 N–H and O–H groups in total. The Morgan fingerprint density at radius 1 is 1.26 bits per heavy atom. The number of imidazole rings is 1. The molecule has 0 unspecified atom stereocenters. The summed E-state index contributed by atoms with van der Waals surface area (Å²) in [5.41, 5.74) is 0.519. The second kappa shape index (κ2) is 7.09. The third-order valence-corrected chi connectivity index (χ3v) is 4.69. The van der Waals surface area contributed by atoms with Gasteiger partial charge in [-0.2, -0.15) is 4.52 Å². The summed E-state index contributed by atoms with van der Waals surface area (Å²) in [6.07, 6.45) is 8.86. The van der Waals surface area contributed by atoms with Crippen LogP contribution in [0.2, 0.25) is 0 Å². The summed E-state index contributed by atoms with van der Waals surface area (Å²) in [4.78, 5) is 19.2. The van der Waals surface area contributed by atoms with E-state index in [0.717, 1.165) is 12.8 Å². The number of hydrogen-bond acceptors (Lipinski definition) is 7. The number of hydrogen-bond donors (Lipinski definition) is 1. The maximum absolute atomic E-state index is 11.0. The molecule has 3 aromatic heterocycles. The largest absolute Gasteiger partial charge is 0.358 e. The Bertz CT molecular complexity index is 1000. The van der Waals surface area contributed by atoms with E-state index in [1.165, 1.54) is 34.5 Å². The van der Waals surface area contributed by atoms with E-state index >= 15 is 0 Å². The number of fused-ring (bicyclic) bond motifs is 1. The fraction of sp³-hybridized carbons (Fsp3) is 0.438. The predicted octanol–water partition coefficient (Wildman–Crippen LogP) is 2.21. The van der Waals surface area contributed by atoms with Crippen molar-refractivity contribution in [2.24, 2.45) is 12.0 Å². The monoisotopic (exact) mass is 369 g/mol. The molecular formula is C16H19N9O2. The van der Waals surface area contributed by atoms with E-state index in [0.29, 0.717) is 29.2 Å². The van der Waals surface area contributed by atoms with Gasteiger partial charge in [0.2, 0.25) is 5.82 Å². The number of nitrogens with one attached hydrogen (secondary N) is 1. The van der Waals surface area contributed by atoms with Crippen LogP contribution in [0.1, 0.15) is 32.1 Å². The lowest BCUT2D eigenvalue weighted by Gasteiger charge is -2.16. The van der Waals surface area contributed by atoms with Crippen molar-refractivity contribution in [3.8, 4) is 11.6 Å². The van der Waals surface area contributed by atoms with Crippen LogP contribution in [0, 0.1) is 10.1 Å². The Morgan fingerprint density at radius 3 is 2.81 bits per heavy atom. The van der Waals surface area contributed by atoms with Gasteiger partial charge < -0.3 is 15.4 Å². The van der Waals surface area contributed by atoms with E-state index < -0.39 is 4.92 Å². The molecule has 0 radical (unpaired) electrons. The summed E-state index contributed by atoms with van der Waals surface area (Å²) in [5, 5.41) is 26.7. The van der Waals surface area contributed by atoms with Crippen molar-refractivity contribution in [3.05, 3.63) is 28.4 Å². The van der Waals surface area contributed by atoms with Crippen LogP contribution in [0.25, 0.3) is 17.3 Å². The van der Waals surface area contributed by atoms with Crippen molar-refractivity contribution in [3.63, 3.8) is 0 Å². The Morgan fingerprint density at radius 2 is 2.07 bits per heavy atom. The van der Waals surface area contributed by atoms with Crippen LogP contribution in [-0.2, 0) is 7.05 Å². The summed E-state index contributed by atoms with van der Waals surface area (Å²) in [5.74, 6) is 1.09. The molecule has 0 aromatic carbocycles. The van der Waals surface area contributed by atoms with E-state index in [9.17, 15) is 10.1 Å². The molecular weight excluding hydrogens is 350 g/mol. The van der Waals surface area contributed by atoms with Crippen LogP contribution < -0.4 is 5.32 Å². The summed E-state index contributed by atoms with van der Waals surface area (Å²) in [7, 11) is 1.56. The predicted molar refractivity (Wildman–Crippen MR) is 98.6 cm³/mol. The van der Waals surface area contributed by atoms with E-state index in [4.69, 9.17) is 0 Å². The van der Waals surface area contributed by atoms with Gasteiger partial charge in [0.1, 0.15) is 6.20 Å². The second-order valence-electron chi connectivity index (χ2n) is 6.48. The zero-order valence-corrected chi connectivity index (χ0v) is 14.8. The lowest BCUT2D eigenvalue weighted by atomic mass is 9.96. The molecule has 0 aliphatic heterocycles. The van der Waals surface area contributed by atoms with E-state index in [2.05, 4.69) is 30.6 Å². The van der Waals surface area contributed by atoms with Crippen LogP contribution in [-0.4, -0.2) is 46.7 Å². The van der Waals surface area contributed by atoms with Crippen molar-refractivity contribution < 1.29 is 4.92 Å². The maximum atomic E-state index is 11.0. The molecule has 1 saturated carbocycles. The molecule has 0 atom stereocenters. The van der Waals surface area contributed by atoms with Crippen molar-refractivity contribution in [1.29, 1.82) is 0 Å². The van der Waals surface area contributed by atoms with Gasteiger partial charge in [0, 0.05) is 0 Å². The highest BCUT2D eigenvalue weighted by atomic mass is 16.6. The number of anilines is 1. The Labute approximate surface area is 154 Å². The zero-order chi connectivity index (χ0) is 18.8. The average molecular weight is 369 g/mol. The summed E-state index contributed by atoms with van der Waals surface area (Å²) < 4.78 is 2.85. The normalized spacial score (nSPS) is 15.6. The van der Waals surface area contributed by atoms with Gasteiger partial charge >= 0.3 is 5.82 Å². The molecule has 11 heteroatoms. The van der Waals surface area contributed by atoms with Gasteiger partial charge in [0.05, 0.1) is 19.4 Å². The van der Waals surface area contributed by atoms with Gasteiger partial charge in [-0.05, 0) is 29.9 Å². The van der Waals surface area contributed by atoms with Crippen LogP contribution in [0.3, 0.4) is 0 Å². The topological polar surface area (TPSA) is 128 Å². The lowest BCUT2D eigenvalue weighted by molar-refractivity contribution is -0.391. The summed E-state index contributed by atoms with van der Waals surface area (Å²) in [6.45, 7) is 0. The van der Waals surface area contributed by atoms with E-state index in [-0.39, 0.29) is 5.82 Å². The summed E-state index contributed by atoms with van der Waals surface area (Å²) >= 11 is 0. The molecule has 4 rings (SSSR count). The van der Waals surface area contributed by atoms with Gasteiger partial charge in [-0.1, -0.05) is 19.3 Å². The number of nitro groups is 1. The number of aromatic nitrogens is 6. The summed E-state index contributed by atoms with van der Waals surface area (Å²) in [6, 6.07) is 3.91. The van der Waals surface area contributed by atoms with Crippen LogP contribution >= 0.6 is 0 Å². The fourth-order valence-electron chi connectivity index (χ4n) is 3.22. The first-order chi connectivity index (χ1) is 13.1. The zero-order valence-electron chi connectivity index (χ0n) is 14.8. The first-order valence-electron chi connectivity index (χ1n) is 8.80. The Hall–Kier alpha value is -3.37. The highest BCUT2D eigenvalue weighted by Crippen LogP contribution is 2.22. The van der Waals surface area contributed by atoms with Crippen molar-refractivity contribution in [2.45, 2.75) is 38.1 Å². The van der Waals surface area contributed by atoms with E-state index in [1.807, 2.05) is 0 Å². The quantitative estimate of drug-likeness (QED) is 0.316. The smallest absolute Gasteiger partial charge is 0.343 e.